The standard InChI is InChI=1S/C45H71N13O16/c1-23(35(64)53-27(44(73)74)14-16-34(62)63)50-37(66)29-9-6-20-57(29)43(72)32-12-7-21-58(32)40(69)24(2)51-36(65)28(22-59)54-39(68)31-11-5-19-56(31)42(71)26(13-15-33(60)61)52-38(67)30-10-4-18-55(30)41(70)25(46)8-3-17-49-45(47)48/h23-32,59H,3-22,46H2,1-2H3,(H,50,66)(H,51,65)(H,52,67)(H,53,64)(H,54,68)(H,60,61)(H,62,63)(H,73,74)(H4,47,48,49)/t23-,24-,25-,26-,27-,28-,29-,30-,31-,32-/m0/s1. The molecule has 0 aromatic carbocycles. The van der Waals surface area contributed by atoms with Crippen LogP contribution in [0.5, 0.6) is 0 Å². The number of nitrogens with zero attached hydrogens (tertiary/aromatic N) is 5. The summed E-state index contributed by atoms with van der Waals surface area (Å²) in [5, 5.41) is 50.2. The van der Waals surface area contributed by atoms with Gasteiger partial charge in [-0.05, 0) is 90.9 Å². The lowest BCUT2D eigenvalue weighted by Gasteiger charge is -2.33. The van der Waals surface area contributed by atoms with Crippen LogP contribution in [-0.2, 0) is 57.5 Å². The summed E-state index contributed by atoms with van der Waals surface area (Å²) in [5.41, 5.74) is 16.8. The highest BCUT2D eigenvalue weighted by molar-refractivity contribution is 5.99. The van der Waals surface area contributed by atoms with Gasteiger partial charge in [0.25, 0.3) is 0 Å². The SMILES string of the molecule is C[C@H](NC(=O)[C@@H]1CCCN1C(=O)[C@@H]1CCCN1C(=O)[C@H](C)NC(=O)[C@H](CO)NC(=O)[C@@H]1CCCN1C(=O)[C@H](CCC(=O)O)NC(=O)[C@@H]1CCCN1C(=O)[C@@H](N)CCCN=C(N)N)C(=O)N[C@@H](CCC(=O)O)C(=O)O. The average molecular weight is 1050 g/mol. The fraction of sp³-hybridized carbons (Fsp3) is 0.711. The Hall–Kier alpha value is -7.17. The Labute approximate surface area is 426 Å². The Morgan fingerprint density at radius 3 is 1.51 bits per heavy atom. The summed E-state index contributed by atoms with van der Waals surface area (Å²) in [6, 6.07) is -12.5. The second-order valence-corrected chi connectivity index (χ2v) is 18.8. The molecule has 4 aliphatic heterocycles. The number of carbonyl (C=O) groups is 12. The third kappa shape index (κ3) is 16.2. The van der Waals surface area contributed by atoms with Gasteiger partial charge in [-0.2, -0.15) is 0 Å². The number of carboxylic acids is 3. The summed E-state index contributed by atoms with van der Waals surface area (Å²) in [6.07, 6.45) is 1.09. The van der Waals surface area contributed by atoms with E-state index in [1.165, 1.54) is 28.5 Å². The fourth-order valence-corrected chi connectivity index (χ4v) is 9.52. The first-order chi connectivity index (χ1) is 35.0. The number of carbonyl (C=O) groups excluding carboxylic acids is 9. The van der Waals surface area contributed by atoms with Crippen molar-refractivity contribution in [2.24, 2.45) is 22.2 Å². The van der Waals surface area contributed by atoms with E-state index >= 15 is 0 Å². The van der Waals surface area contributed by atoms with Crippen LogP contribution < -0.4 is 43.8 Å². The van der Waals surface area contributed by atoms with Gasteiger partial charge in [-0.25, -0.2) is 4.79 Å². The van der Waals surface area contributed by atoms with Crippen LogP contribution in [0.15, 0.2) is 4.99 Å². The predicted molar refractivity (Wildman–Crippen MR) is 256 cm³/mol. The summed E-state index contributed by atoms with van der Waals surface area (Å²) in [7, 11) is 0. The lowest BCUT2D eigenvalue weighted by atomic mass is 10.1. The highest BCUT2D eigenvalue weighted by Gasteiger charge is 2.45. The number of aliphatic hydroxyl groups is 1. The van der Waals surface area contributed by atoms with E-state index in [9.17, 15) is 72.9 Å². The van der Waals surface area contributed by atoms with Crippen molar-refractivity contribution in [2.75, 3.05) is 39.3 Å². The molecular weight excluding hydrogens is 979 g/mol. The van der Waals surface area contributed by atoms with E-state index in [2.05, 4.69) is 31.6 Å². The average Bonchev–Trinajstić information content (AvgIpc) is 4.21. The van der Waals surface area contributed by atoms with E-state index in [1.807, 2.05) is 0 Å². The van der Waals surface area contributed by atoms with E-state index in [0.29, 0.717) is 32.1 Å². The molecule has 0 aromatic rings. The number of nitrogens with two attached hydrogens (primary N) is 3. The zero-order valence-corrected chi connectivity index (χ0v) is 41.6. The van der Waals surface area contributed by atoms with Crippen molar-refractivity contribution in [3.8, 4) is 0 Å². The molecule has 15 N–H and O–H groups in total. The number of amides is 9. The maximum atomic E-state index is 14.1. The number of aliphatic imine (C=N–C) groups is 1. The quantitative estimate of drug-likeness (QED) is 0.0219. The van der Waals surface area contributed by atoms with Gasteiger partial charge in [-0.3, -0.25) is 57.7 Å². The van der Waals surface area contributed by atoms with Gasteiger partial charge < -0.3 is 83.8 Å². The van der Waals surface area contributed by atoms with Gasteiger partial charge in [0, 0.05) is 45.6 Å². The highest BCUT2D eigenvalue weighted by atomic mass is 16.4. The van der Waals surface area contributed by atoms with Crippen LogP contribution in [-0.4, -0.2) is 217 Å². The van der Waals surface area contributed by atoms with Gasteiger partial charge in [0.15, 0.2) is 5.96 Å². The van der Waals surface area contributed by atoms with E-state index in [4.69, 9.17) is 22.3 Å². The van der Waals surface area contributed by atoms with Crippen molar-refractivity contribution in [3.63, 3.8) is 0 Å². The molecule has 10 atom stereocenters. The molecule has 4 aliphatic rings. The predicted octanol–water partition coefficient (Wildman–Crippen LogP) is -5.40. The Morgan fingerprint density at radius 1 is 0.541 bits per heavy atom. The van der Waals surface area contributed by atoms with Crippen LogP contribution in [0, 0.1) is 0 Å². The molecule has 0 saturated carbocycles. The molecule has 4 fully saturated rings. The van der Waals surface area contributed by atoms with Gasteiger partial charge in [0.2, 0.25) is 53.2 Å². The Kier molecular flexibility index (Phi) is 22.3. The molecule has 74 heavy (non-hydrogen) atoms. The van der Waals surface area contributed by atoms with Crippen molar-refractivity contribution in [1.29, 1.82) is 0 Å². The molecule has 4 rings (SSSR count). The first kappa shape index (κ1) is 59.4. The van der Waals surface area contributed by atoms with Crippen LogP contribution in [0.1, 0.15) is 104 Å². The maximum absolute atomic E-state index is 14.1. The van der Waals surface area contributed by atoms with E-state index in [1.54, 1.807) is 0 Å². The van der Waals surface area contributed by atoms with Crippen LogP contribution in [0.3, 0.4) is 0 Å². The molecule has 4 heterocycles. The second kappa shape index (κ2) is 27.8. The number of aliphatic carboxylic acids is 3. The number of hydrogen-bond donors (Lipinski definition) is 12. The van der Waals surface area contributed by atoms with Gasteiger partial charge in [0.05, 0.1) is 12.6 Å². The van der Waals surface area contributed by atoms with Gasteiger partial charge in [-0.15, -0.1) is 0 Å². The van der Waals surface area contributed by atoms with E-state index in [-0.39, 0.29) is 77.2 Å². The first-order valence-corrected chi connectivity index (χ1v) is 24.8. The van der Waals surface area contributed by atoms with Crippen LogP contribution in [0.2, 0.25) is 0 Å². The molecule has 4 saturated heterocycles. The number of rotatable bonds is 26. The zero-order valence-electron chi connectivity index (χ0n) is 41.6. The number of nitrogens with one attached hydrogen (secondary N) is 5. The molecule has 29 heteroatoms. The van der Waals surface area contributed by atoms with Crippen LogP contribution >= 0.6 is 0 Å². The minimum Gasteiger partial charge on any atom is -0.481 e. The summed E-state index contributed by atoms with van der Waals surface area (Å²) in [5.74, 6) is -10.8. The van der Waals surface area contributed by atoms with Crippen molar-refractivity contribution < 1.29 is 78.0 Å². The minimum atomic E-state index is -1.63. The Bertz CT molecular complexity index is 2160. The topological polar surface area (TPSA) is 449 Å². The molecular formula is C45H71N13O16. The lowest BCUT2D eigenvalue weighted by Crippen LogP contribution is -2.60. The van der Waals surface area contributed by atoms with Crippen LogP contribution in [0.25, 0.3) is 0 Å². The second-order valence-electron chi connectivity index (χ2n) is 18.8. The minimum absolute atomic E-state index is 0.0159. The number of likely N-dealkylation sites (tertiary alicyclic amines) is 4. The molecule has 412 valence electrons. The third-order valence-electron chi connectivity index (χ3n) is 13.4. The summed E-state index contributed by atoms with van der Waals surface area (Å²) in [6.45, 7) is 2.39. The smallest absolute Gasteiger partial charge is 0.326 e. The molecule has 9 amide bonds. The lowest BCUT2D eigenvalue weighted by molar-refractivity contribution is -0.148. The third-order valence-corrected chi connectivity index (χ3v) is 13.4. The van der Waals surface area contributed by atoms with Crippen molar-refractivity contribution in [2.45, 2.75) is 164 Å². The molecule has 29 nitrogen and oxygen atoms in total. The molecule has 0 aliphatic carbocycles. The van der Waals surface area contributed by atoms with Crippen molar-refractivity contribution in [1.82, 2.24) is 46.2 Å². The fourth-order valence-electron chi connectivity index (χ4n) is 9.52. The van der Waals surface area contributed by atoms with Gasteiger partial charge >= 0.3 is 17.9 Å². The maximum Gasteiger partial charge on any atom is 0.326 e. The summed E-state index contributed by atoms with van der Waals surface area (Å²) < 4.78 is 0. The van der Waals surface area contributed by atoms with E-state index < -0.39 is 157 Å². The highest BCUT2D eigenvalue weighted by Crippen LogP contribution is 2.27. The van der Waals surface area contributed by atoms with Gasteiger partial charge in [-0.1, -0.05) is 0 Å². The summed E-state index contributed by atoms with van der Waals surface area (Å²) >= 11 is 0. The number of guanidine groups is 1. The number of hydrogen-bond acceptors (Lipinski definition) is 15. The monoisotopic (exact) mass is 1050 g/mol. The number of carboxylic acid groups (broad SMARTS) is 3. The van der Waals surface area contributed by atoms with Gasteiger partial charge in [0.1, 0.15) is 54.4 Å². The Balaban J connectivity index is 1.35. The van der Waals surface area contributed by atoms with E-state index in [0.717, 1.165) is 4.90 Å². The molecule has 0 radical (unpaired) electrons. The molecule has 0 spiro atoms. The van der Waals surface area contributed by atoms with Crippen molar-refractivity contribution in [3.05, 3.63) is 0 Å². The Morgan fingerprint density at radius 2 is 1.00 bits per heavy atom. The molecule has 0 unspecified atom stereocenters. The molecule has 0 aromatic heterocycles. The van der Waals surface area contributed by atoms with Crippen LogP contribution in [0.4, 0.5) is 0 Å². The number of aliphatic hydroxyl groups excluding tert-OH is 1. The normalized spacial score (nSPS) is 21.8. The first-order valence-electron chi connectivity index (χ1n) is 24.8. The largest absolute Gasteiger partial charge is 0.481 e. The molecule has 0 bridgehead atoms. The zero-order chi connectivity index (χ0) is 55.0. The van der Waals surface area contributed by atoms with Crippen molar-refractivity contribution >= 4 is 77.0 Å². The summed E-state index contributed by atoms with van der Waals surface area (Å²) in [4.78, 5) is 165.